The number of amides is 1. The lowest BCUT2D eigenvalue weighted by Crippen LogP contribution is -2.63. The van der Waals surface area contributed by atoms with Crippen molar-refractivity contribution in [3.63, 3.8) is 0 Å². The molecule has 1 saturated heterocycles. The number of carbonyl (C=O) groups excluding carboxylic acids is 1. The van der Waals surface area contributed by atoms with Crippen molar-refractivity contribution in [2.45, 2.75) is 31.5 Å². The lowest BCUT2D eigenvalue weighted by Gasteiger charge is -2.56. The predicted molar refractivity (Wildman–Crippen MR) is 94.6 cm³/mol. The lowest BCUT2D eigenvalue weighted by molar-refractivity contribution is -0.210. The van der Waals surface area contributed by atoms with E-state index in [2.05, 4.69) is 0 Å². The van der Waals surface area contributed by atoms with Gasteiger partial charge in [0.05, 0.1) is 18.8 Å². The maximum Gasteiger partial charge on any atom is 0.260 e. The molecule has 1 amide bonds. The normalized spacial score (nSPS) is 24.8. The predicted octanol–water partition coefficient (Wildman–Crippen LogP) is 1.44. The summed E-state index contributed by atoms with van der Waals surface area (Å²) in [6.45, 7) is 2.20. The van der Waals surface area contributed by atoms with Crippen molar-refractivity contribution >= 4 is 17.5 Å². The fourth-order valence-electron chi connectivity index (χ4n) is 3.79. The van der Waals surface area contributed by atoms with Crippen LogP contribution in [0, 0.1) is 5.41 Å². The Morgan fingerprint density at radius 3 is 2.80 bits per heavy atom. The van der Waals surface area contributed by atoms with Crippen LogP contribution in [0.25, 0.3) is 0 Å². The molecule has 138 valence electrons. The van der Waals surface area contributed by atoms with Gasteiger partial charge in [-0.15, -0.1) is 0 Å². The number of likely N-dealkylation sites (tertiary alicyclic amines) is 1. The van der Waals surface area contributed by atoms with Crippen molar-refractivity contribution in [1.82, 2.24) is 4.90 Å². The van der Waals surface area contributed by atoms with E-state index in [9.17, 15) is 9.90 Å². The van der Waals surface area contributed by atoms with E-state index in [0.29, 0.717) is 43.4 Å². The fourth-order valence-corrected chi connectivity index (χ4v) is 3.97. The summed E-state index contributed by atoms with van der Waals surface area (Å²) < 4.78 is 11.3. The van der Waals surface area contributed by atoms with Crippen LogP contribution in [-0.2, 0) is 9.53 Å². The number of aliphatic hydroxyl groups excluding tert-OH is 1. The largest absolute Gasteiger partial charge is 0.484 e. The van der Waals surface area contributed by atoms with E-state index in [1.807, 2.05) is 0 Å². The number of ether oxygens (including phenoxy) is 2. The third-order valence-electron chi connectivity index (χ3n) is 5.38. The molecule has 3 N–H and O–H groups in total. The van der Waals surface area contributed by atoms with Gasteiger partial charge in [-0.3, -0.25) is 4.79 Å². The van der Waals surface area contributed by atoms with E-state index < -0.39 is 0 Å². The maximum atomic E-state index is 12.4. The second-order valence-corrected chi connectivity index (χ2v) is 7.20. The van der Waals surface area contributed by atoms with Gasteiger partial charge in [-0.25, -0.2) is 0 Å². The number of nitrogens with two attached hydrogens (primary N) is 1. The van der Waals surface area contributed by atoms with Crippen LogP contribution in [0.1, 0.15) is 19.3 Å². The third kappa shape index (κ3) is 3.92. The van der Waals surface area contributed by atoms with Crippen molar-refractivity contribution in [2.24, 2.45) is 11.1 Å². The standard InChI is InChI=1S/C18H25ClN2O4/c19-13-2-1-3-14(10-13)25-12-17(23)21-7-4-18(5-8-21)15(22)11-16(18)24-9-6-20/h1-3,10,15-16,22H,4-9,11-12,20H2/t15-,16+/m0/s1. The van der Waals surface area contributed by atoms with Crippen molar-refractivity contribution < 1.29 is 19.4 Å². The van der Waals surface area contributed by atoms with Crippen LogP contribution in [0.4, 0.5) is 0 Å². The van der Waals surface area contributed by atoms with Crippen LogP contribution >= 0.6 is 11.6 Å². The molecule has 6 nitrogen and oxygen atoms in total. The zero-order valence-corrected chi connectivity index (χ0v) is 15.0. The fraction of sp³-hybridized carbons (Fsp3) is 0.611. The van der Waals surface area contributed by atoms with Gasteiger partial charge in [0.15, 0.2) is 6.61 Å². The highest BCUT2D eigenvalue weighted by atomic mass is 35.5. The first-order valence-electron chi connectivity index (χ1n) is 8.71. The molecule has 2 fully saturated rings. The first kappa shape index (κ1) is 18.5. The Balaban J connectivity index is 1.49. The van der Waals surface area contributed by atoms with E-state index >= 15 is 0 Å². The summed E-state index contributed by atoms with van der Waals surface area (Å²) in [5, 5.41) is 10.8. The highest BCUT2D eigenvalue weighted by molar-refractivity contribution is 6.30. The SMILES string of the molecule is NCCO[C@@H]1C[C@H](O)C12CCN(C(=O)COc1cccc(Cl)c1)CC2. The van der Waals surface area contributed by atoms with Crippen molar-refractivity contribution in [1.29, 1.82) is 0 Å². The van der Waals surface area contributed by atoms with Crippen LogP contribution in [0.15, 0.2) is 24.3 Å². The summed E-state index contributed by atoms with van der Waals surface area (Å²) in [5.41, 5.74) is 5.28. The van der Waals surface area contributed by atoms with Gasteiger partial charge in [0.1, 0.15) is 5.75 Å². The summed E-state index contributed by atoms with van der Waals surface area (Å²) in [6.07, 6.45) is 1.84. The average molecular weight is 369 g/mol. The van der Waals surface area contributed by atoms with Crippen LogP contribution in [0.3, 0.4) is 0 Å². The number of piperidine rings is 1. The summed E-state index contributed by atoms with van der Waals surface area (Å²) in [6, 6.07) is 7.00. The molecule has 1 heterocycles. The van der Waals surface area contributed by atoms with Crippen molar-refractivity contribution in [3.8, 4) is 5.75 Å². The number of benzene rings is 1. The zero-order valence-electron chi connectivity index (χ0n) is 14.2. The van der Waals surface area contributed by atoms with Gasteiger partial charge in [-0.1, -0.05) is 17.7 Å². The molecule has 0 bridgehead atoms. The van der Waals surface area contributed by atoms with Gasteiger partial charge in [0.2, 0.25) is 0 Å². The number of aliphatic hydroxyl groups is 1. The Morgan fingerprint density at radius 2 is 2.16 bits per heavy atom. The molecule has 0 aromatic heterocycles. The molecule has 0 radical (unpaired) electrons. The quantitative estimate of drug-likeness (QED) is 0.793. The summed E-state index contributed by atoms with van der Waals surface area (Å²) in [4.78, 5) is 14.2. The monoisotopic (exact) mass is 368 g/mol. The van der Waals surface area contributed by atoms with Crippen molar-refractivity contribution in [3.05, 3.63) is 29.3 Å². The van der Waals surface area contributed by atoms with E-state index in [1.165, 1.54) is 0 Å². The minimum absolute atomic E-state index is 0.0109. The summed E-state index contributed by atoms with van der Waals surface area (Å²) in [5.74, 6) is 0.530. The highest BCUT2D eigenvalue weighted by Crippen LogP contribution is 2.50. The van der Waals surface area contributed by atoms with Crippen LogP contribution in [-0.4, -0.2) is 61.0 Å². The molecule has 1 aromatic carbocycles. The smallest absolute Gasteiger partial charge is 0.260 e. The van der Waals surface area contributed by atoms with Crippen LogP contribution in [0.2, 0.25) is 5.02 Å². The lowest BCUT2D eigenvalue weighted by atomic mass is 9.58. The number of carbonyl (C=O) groups is 1. The van der Waals surface area contributed by atoms with Gasteiger partial charge in [0.25, 0.3) is 5.91 Å². The van der Waals surface area contributed by atoms with Gasteiger partial charge >= 0.3 is 0 Å². The maximum absolute atomic E-state index is 12.4. The Hall–Kier alpha value is -1.34. The van der Waals surface area contributed by atoms with Crippen LogP contribution < -0.4 is 10.5 Å². The number of halogens is 1. The van der Waals surface area contributed by atoms with E-state index in [0.717, 1.165) is 12.8 Å². The Labute approximate surface area is 152 Å². The molecule has 1 aromatic rings. The number of hydrogen-bond donors (Lipinski definition) is 2. The van der Waals surface area contributed by atoms with E-state index in [-0.39, 0.29) is 30.1 Å². The molecule has 1 saturated carbocycles. The zero-order chi connectivity index (χ0) is 17.9. The molecule has 3 rings (SSSR count). The third-order valence-corrected chi connectivity index (χ3v) is 5.62. The Kier molecular flexibility index (Phi) is 5.84. The highest BCUT2D eigenvalue weighted by Gasteiger charge is 2.56. The van der Waals surface area contributed by atoms with E-state index in [1.54, 1.807) is 29.2 Å². The van der Waals surface area contributed by atoms with Gasteiger partial charge in [-0.05, 0) is 31.0 Å². The number of rotatable bonds is 6. The molecule has 0 unspecified atom stereocenters. The first-order chi connectivity index (χ1) is 12.0. The van der Waals surface area contributed by atoms with E-state index in [4.69, 9.17) is 26.8 Å². The van der Waals surface area contributed by atoms with Crippen LogP contribution in [0.5, 0.6) is 5.75 Å². The molecule has 25 heavy (non-hydrogen) atoms. The Morgan fingerprint density at radius 1 is 1.40 bits per heavy atom. The summed E-state index contributed by atoms with van der Waals surface area (Å²) in [7, 11) is 0. The first-order valence-corrected chi connectivity index (χ1v) is 9.09. The second kappa shape index (κ2) is 7.91. The van der Waals surface area contributed by atoms with Gasteiger partial charge < -0.3 is 25.2 Å². The summed E-state index contributed by atoms with van der Waals surface area (Å²) >= 11 is 5.91. The molecule has 2 atom stereocenters. The minimum atomic E-state index is -0.352. The van der Waals surface area contributed by atoms with Gasteiger partial charge in [-0.2, -0.15) is 0 Å². The number of hydrogen-bond acceptors (Lipinski definition) is 5. The molecule has 1 aliphatic heterocycles. The topological polar surface area (TPSA) is 85.0 Å². The molecular weight excluding hydrogens is 344 g/mol. The molecule has 1 aliphatic carbocycles. The molecule has 1 spiro atoms. The molecule has 7 heteroatoms. The van der Waals surface area contributed by atoms with Crippen molar-refractivity contribution in [2.75, 3.05) is 32.8 Å². The Bertz CT molecular complexity index is 604. The average Bonchev–Trinajstić information content (AvgIpc) is 2.63. The molecule has 2 aliphatic rings. The molecular formula is C18H25ClN2O4. The second-order valence-electron chi connectivity index (χ2n) is 6.76. The number of nitrogens with zero attached hydrogens (tertiary/aromatic N) is 1. The minimum Gasteiger partial charge on any atom is -0.484 e. The van der Waals surface area contributed by atoms with Gasteiger partial charge in [0, 0.05) is 36.5 Å².